The van der Waals surface area contributed by atoms with E-state index in [0.29, 0.717) is 5.56 Å². The molecule has 3 aromatic carbocycles. The Labute approximate surface area is 158 Å². The van der Waals surface area contributed by atoms with Gasteiger partial charge in [0.05, 0.1) is 10.6 Å². The Hall–Kier alpha value is -2.77. The van der Waals surface area contributed by atoms with E-state index in [1.807, 2.05) is 48.5 Å². The van der Waals surface area contributed by atoms with Crippen LogP contribution in [0.2, 0.25) is 0 Å². The lowest BCUT2D eigenvalue weighted by atomic mass is 10.2. The molecular weight excluding hydrogens is 366 g/mol. The summed E-state index contributed by atoms with van der Waals surface area (Å²) < 4.78 is 0. The average molecular weight is 381 g/mol. The van der Waals surface area contributed by atoms with Crippen molar-refractivity contribution in [1.82, 2.24) is 0 Å². The van der Waals surface area contributed by atoms with Crippen molar-refractivity contribution in [1.29, 1.82) is 0 Å². The number of nitrogens with two attached hydrogens (primary N) is 1. The molecule has 0 aliphatic carbocycles. The van der Waals surface area contributed by atoms with Crippen LogP contribution in [0.1, 0.15) is 5.56 Å². The minimum absolute atomic E-state index is 0.0559. The fourth-order valence-corrected chi connectivity index (χ4v) is 4.01. The second kappa shape index (κ2) is 8.55. The van der Waals surface area contributed by atoms with Crippen LogP contribution in [0.5, 0.6) is 0 Å². The van der Waals surface area contributed by atoms with Crippen molar-refractivity contribution in [2.24, 2.45) is 4.99 Å². The number of nitrogen functional groups attached to an aromatic ring is 1. The zero-order valence-corrected chi connectivity index (χ0v) is 15.2. The molecular formula is C19H15N3O2S2. The minimum Gasteiger partial charge on any atom is -0.399 e. The average Bonchev–Trinajstić information content (AvgIpc) is 2.67. The summed E-state index contributed by atoms with van der Waals surface area (Å²) in [4.78, 5) is 17.0. The van der Waals surface area contributed by atoms with Gasteiger partial charge in [-0.25, -0.2) is 0 Å². The number of rotatable bonds is 6. The highest BCUT2D eigenvalue weighted by Crippen LogP contribution is 2.38. The van der Waals surface area contributed by atoms with Crippen LogP contribution >= 0.6 is 21.6 Å². The summed E-state index contributed by atoms with van der Waals surface area (Å²) in [7, 11) is 3.32. The van der Waals surface area contributed by atoms with Gasteiger partial charge in [-0.3, -0.25) is 15.1 Å². The maximum absolute atomic E-state index is 10.8. The molecule has 0 saturated carbocycles. The van der Waals surface area contributed by atoms with Crippen LogP contribution in [0.4, 0.5) is 17.1 Å². The topological polar surface area (TPSA) is 81.5 Å². The molecule has 0 heterocycles. The van der Waals surface area contributed by atoms with Crippen molar-refractivity contribution >= 4 is 44.9 Å². The lowest BCUT2D eigenvalue weighted by Crippen LogP contribution is -1.89. The number of nitro benzene ring substituents is 1. The van der Waals surface area contributed by atoms with Crippen molar-refractivity contribution in [3.05, 3.63) is 88.5 Å². The molecule has 0 amide bonds. The maximum atomic E-state index is 10.8. The summed E-state index contributed by atoms with van der Waals surface area (Å²) in [5.74, 6) is 0. The fraction of sp³-hybridized carbons (Fsp3) is 0. The minimum atomic E-state index is -0.415. The largest absolute Gasteiger partial charge is 0.399 e. The summed E-state index contributed by atoms with van der Waals surface area (Å²) in [5, 5.41) is 10.8. The third-order valence-electron chi connectivity index (χ3n) is 3.39. The first kappa shape index (κ1) is 18.0. The highest BCUT2D eigenvalue weighted by molar-refractivity contribution is 8.76. The summed E-state index contributed by atoms with van der Waals surface area (Å²) in [6.45, 7) is 0. The molecule has 0 aliphatic heterocycles. The summed E-state index contributed by atoms with van der Waals surface area (Å²) in [6, 6.07) is 22.0. The summed E-state index contributed by atoms with van der Waals surface area (Å²) >= 11 is 0. The van der Waals surface area contributed by atoms with Crippen molar-refractivity contribution in [3.63, 3.8) is 0 Å². The van der Waals surface area contributed by atoms with Crippen molar-refractivity contribution in [2.45, 2.75) is 9.79 Å². The second-order valence-corrected chi connectivity index (χ2v) is 7.62. The molecule has 0 atom stereocenters. The quantitative estimate of drug-likeness (QED) is 0.194. The number of benzene rings is 3. The van der Waals surface area contributed by atoms with E-state index in [1.165, 1.54) is 12.1 Å². The second-order valence-electron chi connectivity index (χ2n) is 5.34. The van der Waals surface area contributed by atoms with Crippen LogP contribution in [0.15, 0.2) is 87.6 Å². The molecule has 0 unspecified atom stereocenters. The number of anilines is 1. The first-order chi connectivity index (χ1) is 12.6. The van der Waals surface area contributed by atoms with Crippen molar-refractivity contribution in [2.75, 3.05) is 5.73 Å². The van der Waals surface area contributed by atoms with E-state index in [2.05, 4.69) is 4.99 Å². The van der Waals surface area contributed by atoms with Crippen molar-refractivity contribution < 1.29 is 4.92 Å². The number of non-ortho nitro benzene ring substituents is 1. The lowest BCUT2D eigenvalue weighted by Gasteiger charge is -2.02. The first-order valence-electron chi connectivity index (χ1n) is 7.69. The molecule has 0 spiro atoms. The number of hydrogen-bond donors (Lipinski definition) is 1. The standard InChI is InChI=1S/C19H15N3O2S2/c20-15-4-8-18(9-5-15)25-26-19-10-6-16(7-11-19)21-13-14-2-1-3-17(12-14)22(23)24/h1-13H,20H2/b21-13+. The molecule has 3 rings (SSSR count). The highest BCUT2D eigenvalue weighted by Gasteiger charge is 2.04. The smallest absolute Gasteiger partial charge is 0.270 e. The maximum Gasteiger partial charge on any atom is 0.270 e. The molecule has 0 aliphatic rings. The van der Waals surface area contributed by atoms with E-state index in [4.69, 9.17) is 5.73 Å². The zero-order valence-electron chi connectivity index (χ0n) is 13.6. The predicted molar refractivity (Wildman–Crippen MR) is 109 cm³/mol. The molecule has 0 aromatic heterocycles. The van der Waals surface area contributed by atoms with E-state index in [1.54, 1.807) is 39.9 Å². The third-order valence-corrected chi connectivity index (χ3v) is 5.81. The molecule has 5 nitrogen and oxygen atoms in total. The predicted octanol–water partition coefficient (Wildman–Crippen LogP) is 5.73. The van der Waals surface area contributed by atoms with Gasteiger partial charge in [0, 0.05) is 33.8 Å². The Balaban J connectivity index is 1.61. The first-order valence-corrected chi connectivity index (χ1v) is 9.84. The van der Waals surface area contributed by atoms with Gasteiger partial charge in [0.1, 0.15) is 0 Å². The Morgan fingerprint density at radius 1 is 0.923 bits per heavy atom. The van der Waals surface area contributed by atoms with Gasteiger partial charge >= 0.3 is 0 Å². The van der Waals surface area contributed by atoms with E-state index in [-0.39, 0.29) is 5.69 Å². The molecule has 0 radical (unpaired) electrons. The lowest BCUT2D eigenvalue weighted by molar-refractivity contribution is -0.384. The van der Waals surface area contributed by atoms with Gasteiger partial charge in [-0.15, -0.1) is 0 Å². The fourth-order valence-electron chi connectivity index (χ4n) is 2.08. The summed E-state index contributed by atoms with van der Waals surface area (Å²) in [5.41, 5.74) is 7.97. The van der Waals surface area contributed by atoms with Gasteiger partial charge in [-0.05, 0) is 54.1 Å². The molecule has 3 aromatic rings. The molecule has 130 valence electrons. The third kappa shape index (κ3) is 5.11. The Bertz CT molecular complexity index is 926. The Kier molecular flexibility index (Phi) is 5.93. The Morgan fingerprint density at radius 3 is 2.15 bits per heavy atom. The molecule has 0 bridgehead atoms. The van der Waals surface area contributed by atoms with Crippen LogP contribution in [-0.2, 0) is 0 Å². The van der Waals surface area contributed by atoms with E-state index < -0.39 is 4.92 Å². The number of hydrogen-bond acceptors (Lipinski definition) is 6. The Morgan fingerprint density at radius 2 is 1.54 bits per heavy atom. The number of nitrogens with zero attached hydrogens (tertiary/aromatic N) is 2. The van der Waals surface area contributed by atoms with Crippen LogP contribution in [0.3, 0.4) is 0 Å². The van der Waals surface area contributed by atoms with Gasteiger partial charge in [-0.2, -0.15) is 0 Å². The van der Waals surface area contributed by atoms with Crippen LogP contribution in [0.25, 0.3) is 0 Å². The summed E-state index contributed by atoms with van der Waals surface area (Å²) in [6.07, 6.45) is 1.62. The van der Waals surface area contributed by atoms with Gasteiger partial charge in [0.15, 0.2) is 0 Å². The van der Waals surface area contributed by atoms with Crippen molar-refractivity contribution in [3.8, 4) is 0 Å². The van der Waals surface area contributed by atoms with Gasteiger partial charge in [0.2, 0.25) is 0 Å². The van der Waals surface area contributed by atoms with E-state index in [9.17, 15) is 10.1 Å². The van der Waals surface area contributed by atoms with E-state index in [0.717, 1.165) is 21.2 Å². The van der Waals surface area contributed by atoms with Gasteiger partial charge in [0.25, 0.3) is 5.69 Å². The molecule has 0 saturated heterocycles. The monoisotopic (exact) mass is 381 g/mol. The van der Waals surface area contributed by atoms with Gasteiger partial charge in [-0.1, -0.05) is 33.7 Å². The van der Waals surface area contributed by atoms with Gasteiger partial charge < -0.3 is 5.73 Å². The van der Waals surface area contributed by atoms with Crippen LogP contribution in [-0.4, -0.2) is 11.1 Å². The molecule has 2 N–H and O–H groups in total. The SMILES string of the molecule is Nc1ccc(SSc2ccc(/N=C/c3cccc([N+](=O)[O-])c3)cc2)cc1. The van der Waals surface area contributed by atoms with Crippen LogP contribution < -0.4 is 5.73 Å². The molecule has 26 heavy (non-hydrogen) atoms. The molecule has 7 heteroatoms. The normalized spacial score (nSPS) is 10.9. The number of aliphatic imine (C=N–C) groups is 1. The number of nitro groups is 1. The highest BCUT2D eigenvalue weighted by atomic mass is 33.1. The zero-order chi connectivity index (χ0) is 18.4. The van der Waals surface area contributed by atoms with E-state index >= 15 is 0 Å². The van der Waals surface area contributed by atoms with Crippen LogP contribution in [0, 0.1) is 10.1 Å². The molecule has 0 fully saturated rings.